The molecule has 0 aliphatic heterocycles. The predicted molar refractivity (Wildman–Crippen MR) is 107 cm³/mol. The second-order valence-corrected chi connectivity index (χ2v) is 6.96. The fourth-order valence-corrected chi connectivity index (χ4v) is 3.23. The van der Waals surface area contributed by atoms with Crippen LogP contribution in [0.1, 0.15) is 29.1 Å². The first-order chi connectivity index (χ1) is 13.5. The SMILES string of the molecule is C[C@H](NC(=O)c1ccccc1)c1nnc(SCC(=O)Nc2ccccn2)n1C. The summed E-state index contributed by atoms with van der Waals surface area (Å²) < 4.78 is 1.77. The number of rotatable bonds is 7. The Morgan fingerprint density at radius 3 is 2.57 bits per heavy atom. The molecule has 2 amide bonds. The van der Waals surface area contributed by atoms with Crippen LogP contribution < -0.4 is 10.6 Å². The highest BCUT2D eigenvalue weighted by Gasteiger charge is 2.19. The number of hydrogen-bond acceptors (Lipinski definition) is 6. The van der Waals surface area contributed by atoms with Crippen molar-refractivity contribution in [2.75, 3.05) is 11.1 Å². The Morgan fingerprint density at radius 1 is 1.11 bits per heavy atom. The van der Waals surface area contributed by atoms with E-state index in [2.05, 4.69) is 25.8 Å². The molecule has 0 fully saturated rings. The molecule has 0 radical (unpaired) electrons. The first kappa shape index (κ1) is 19.6. The van der Waals surface area contributed by atoms with Crippen LogP contribution in [0.5, 0.6) is 0 Å². The van der Waals surface area contributed by atoms with E-state index in [0.29, 0.717) is 22.4 Å². The maximum Gasteiger partial charge on any atom is 0.251 e. The number of hydrogen-bond donors (Lipinski definition) is 2. The molecule has 2 heterocycles. The summed E-state index contributed by atoms with van der Waals surface area (Å²) in [6.45, 7) is 1.84. The summed E-state index contributed by atoms with van der Waals surface area (Å²) in [7, 11) is 1.81. The van der Waals surface area contributed by atoms with Crippen molar-refractivity contribution >= 4 is 29.4 Å². The number of anilines is 1. The van der Waals surface area contributed by atoms with Crippen LogP contribution in [0.2, 0.25) is 0 Å². The lowest BCUT2D eigenvalue weighted by molar-refractivity contribution is -0.113. The second kappa shape index (κ2) is 9.14. The Balaban J connectivity index is 1.57. The predicted octanol–water partition coefficient (Wildman–Crippen LogP) is 2.43. The summed E-state index contributed by atoms with van der Waals surface area (Å²) in [6, 6.07) is 14.0. The number of amides is 2. The Hall–Kier alpha value is -3.20. The molecule has 1 atom stereocenters. The summed E-state index contributed by atoms with van der Waals surface area (Å²) in [5.74, 6) is 0.924. The van der Waals surface area contributed by atoms with Crippen LogP contribution >= 0.6 is 11.8 Å². The zero-order valence-electron chi connectivity index (χ0n) is 15.5. The van der Waals surface area contributed by atoms with Crippen molar-refractivity contribution in [3.63, 3.8) is 0 Å². The fourth-order valence-electron chi connectivity index (χ4n) is 2.51. The molecule has 0 saturated heterocycles. The summed E-state index contributed by atoms with van der Waals surface area (Å²) in [4.78, 5) is 28.4. The lowest BCUT2D eigenvalue weighted by Crippen LogP contribution is -2.28. The third-order valence-corrected chi connectivity index (χ3v) is 4.92. The number of nitrogens with zero attached hydrogens (tertiary/aromatic N) is 4. The number of carbonyl (C=O) groups excluding carboxylic acids is 2. The van der Waals surface area contributed by atoms with E-state index >= 15 is 0 Å². The molecule has 0 aliphatic carbocycles. The Morgan fingerprint density at radius 2 is 1.86 bits per heavy atom. The average molecular weight is 396 g/mol. The molecule has 9 heteroatoms. The highest BCUT2D eigenvalue weighted by molar-refractivity contribution is 7.99. The van der Waals surface area contributed by atoms with Gasteiger partial charge >= 0.3 is 0 Å². The molecular weight excluding hydrogens is 376 g/mol. The highest BCUT2D eigenvalue weighted by Crippen LogP contribution is 2.19. The van der Waals surface area contributed by atoms with Crippen molar-refractivity contribution in [1.29, 1.82) is 0 Å². The third-order valence-electron chi connectivity index (χ3n) is 3.90. The van der Waals surface area contributed by atoms with Gasteiger partial charge in [0, 0.05) is 18.8 Å². The van der Waals surface area contributed by atoms with Gasteiger partial charge in [-0.25, -0.2) is 4.98 Å². The van der Waals surface area contributed by atoms with E-state index in [0.717, 1.165) is 0 Å². The molecule has 1 aromatic carbocycles. The molecule has 8 nitrogen and oxygen atoms in total. The molecule has 0 spiro atoms. The normalized spacial score (nSPS) is 11.6. The highest BCUT2D eigenvalue weighted by atomic mass is 32.2. The molecule has 0 unspecified atom stereocenters. The van der Waals surface area contributed by atoms with E-state index < -0.39 is 0 Å². The van der Waals surface area contributed by atoms with Gasteiger partial charge in [-0.3, -0.25) is 9.59 Å². The Bertz CT molecular complexity index is 946. The maximum absolute atomic E-state index is 12.3. The van der Waals surface area contributed by atoms with E-state index in [4.69, 9.17) is 0 Å². The van der Waals surface area contributed by atoms with Crippen LogP contribution in [-0.2, 0) is 11.8 Å². The largest absolute Gasteiger partial charge is 0.342 e. The van der Waals surface area contributed by atoms with E-state index in [1.54, 1.807) is 48.1 Å². The topological polar surface area (TPSA) is 102 Å². The number of carbonyl (C=O) groups is 2. The molecule has 0 bridgehead atoms. The molecule has 2 N–H and O–H groups in total. The van der Waals surface area contributed by atoms with Crippen molar-refractivity contribution in [3.05, 3.63) is 66.1 Å². The van der Waals surface area contributed by atoms with Gasteiger partial charge in [-0.15, -0.1) is 10.2 Å². The van der Waals surface area contributed by atoms with Crippen LogP contribution in [-0.4, -0.2) is 37.3 Å². The van der Waals surface area contributed by atoms with Gasteiger partial charge in [0.1, 0.15) is 5.82 Å². The molecule has 3 rings (SSSR count). The first-order valence-corrected chi connectivity index (χ1v) is 9.62. The number of thioether (sulfide) groups is 1. The molecular formula is C19H20N6O2S. The van der Waals surface area contributed by atoms with Gasteiger partial charge in [-0.05, 0) is 31.2 Å². The van der Waals surface area contributed by atoms with Gasteiger partial charge < -0.3 is 15.2 Å². The van der Waals surface area contributed by atoms with Gasteiger partial charge in [0.15, 0.2) is 11.0 Å². The minimum atomic E-state index is -0.332. The van der Waals surface area contributed by atoms with Crippen LogP contribution in [0.3, 0.4) is 0 Å². The first-order valence-electron chi connectivity index (χ1n) is 8.63. The number of pyridine rings is 1. The summed E-state index contributed by atoms with van der Waals surface area (Å²) in [5.41, 5.74) is 0.581. The second-order valence-electron chi connectivity index (χ2n) is 6.01. The Labute approximate surface area is 166 Å². The lowest BCUT2D eigenvalue weighted by Gasteiger charge is -2.13. The quantitative estimate of drug-likeness (QED) is 0.595. The van der Waals surface area contributed by atoms with Gasteiger partial charge in [-0.1, -0.05) is 36.0 Å². The van der Waals surface area contributed by atoms with Crippen LogP contribution in [0.4, 0.5) is 5.82 Å². The Kier molecular flexibility index (Phi) is 6.38. The van der Waals surface area contributed by atoms with Crippen molar-refractivity contribution in [3.8, 4) is 0 Å². The van der Waals surface area contributed by atoms with E-state index in [9.17, 15) is 9.59 Å². The van der Waals surface area contributed by atoms with Crippen molar-refractivity contribution < 1.29 is 9.59 Å². The summed E-state index contributed by atoms with van der Waals surface area (Å²) >= 11 is 1.26. The molecule has 0 saturated carbocycles. The van der Waals surface area contributed by atoms with Crippen LogP contribution in [0, 0.1) is 0 Å². The standard InChI is InChI=1S/C19H20N6O2S/c1-13(21-18(27)14-8-4-3-5-9-14)17-23-24-19(25(17)2)28-12-16(26)22-15-10-6-7-11-20-15/h3-11,13H,12H2,1-2H3,(H,21,27)(H,20,22,26)/t13-/m0/s1. The molecule has 2 aromatic heterocycles. The minimum Gasteiger partial charge on any atom is -0.342 e. The molecule has 144 valence electrons. The zero-order valence-corrected chi connectivity index (χ0v) is 16.3. The monoisotopic (exact) mass is 396 g/mol. The van der Waals surface area contributed by atoms with Crippen LogP contribution in [0.25, 0.3) is 0 Å². The number of benzene rings is 1. The smallest absolute Gasteiger partial charge is 0.251 e. The summed E-state index contributed by atoms with van der Waals surface area (Å²) in [5, 5.41) is 14.5. The summed E-state index contributed by atoms with van der Waals surface area (Å²) in [6.07, 6.45) is 1.61. The van der Waals surface area contributed by atoms with Gasteiger partial charge in [-0.2, -0.15) is 0 Å². The van der Waals surface area contributed by atoms with Gasteiger partial charge in [0.05, 0.1) is 11.8 Å². The zero-order chi connectivity index (χ0) is 19.9. The van der Waals surface area contributed by atoms with Crippen molar-refractivity contribution in [1.82, 2.24) is 25.1 Å². The maximum atomic E-state index is 12.3. The average Bonchev–Trinajstić information content (AvgIpc) is 3.08. The van der Waals surface area contributed by atoms with E-state index in [1.807, 2.05) is 25.1 Å². The fraction of sp³-hybridized carbons (Fsp3) is 0.211. The van der Waals surface area contributed by atoms with E-state index in [-0.39, 0.29) is 23.6 Å². The van der Waals surface area contributed by atoms with Crippen LogP contribution in [0.15, 0.2) is 59.9 Å². The number of nitrogens with one attached hydrogen (secondary N) is 2. The van der Waals surface area contributed by atoms with Crippen molar-refractivity contribution in [2.24, 2.45) is 7.05 Å². The lowest BCUT2D eigenvalue weighted by atomic mass is 10.2. The third kappa shape index (κ3) is 4.95. The minimum absolute atomic E-state index is 0.174. The number of aromatic nitrogens is 4. The molecule has 3 aromatic rings. The molecule has 0 aliphatic rings. The van der Waals surface area contributed by atoms with E-state index in [1.165, 1.54) is 11.8 Å². The van der Waals surface area contributed by atoms with Gasteiger partial charge in [0.25, 0.3) is 5.91 Å². The molecule has 28 heavy (non-hydrogen) atoms. The van der Waals surface area contributed by atoms with Crippen molar-refractivity contribution in [2.45, 2.75) is 18.1 Å². The van der Waals surface area contributed by atoms with Gasteiger partial charge in [0.2, 0.25) is 5.91 Å².